The van der Waals surface area contributed by atoms with Crippen LogP contribution in [0.3, 0.4) is 0 Å². The fourth-order valence-corrected chi connectivity index (χ4v) is 2.30. The molecule has 1 saturated heterocycles. The summed E-state index contributed by atoms with van der Waals surface area (Å²) in [6.07, 6.45) is 2.47. The van der Waals surface area contributed by atoms with Crippen LogP contribution in [0.2, 0.25) is 0 Å². The molecule has 2 rings (SSSR count). The molecule has 1 aliphatic rings. The molecule has 6 heteroatoms. The Balaban J connectivity index is 1.75. The average Bonchev–Trinajstić information content (AvgIpc) is 3.09. The molecule has 1 unspecified atom stereocenters. The Kier molecular flexibility index (Phi) is 5.06. The van der Waals surface area contributed by atoms with Gasteiger partial charge in [0.15, 0.2) is 5.76 Å². The molecule has 0 radical (unpaired) electrons. The van der Waals surface area contributed by atoms with Gasteiger partial charge in [-0.2, -0.15) is 0 Å². The smallest absolute Gasteiger partial charge is 0.287 e. The van der Waals surface area contributed by atoms with E-state index in [1.807, 2.05) is 4.90 Å². The van der Waals surface area contributed by atoms with E-state index in [1.54, 1.807) is 19.1 Å². The third kappa shape index (κ3) is 3.76. The standard InChI is InChI=1S/C14H19ClN2O3/c1-10(15)11-4-5-12(20-11)14(19)16-7-6-13(18)17-8-2-3-9-17/h4-5,10H,2-3,6-9H2,1H3,(H,16,19). The second-order valence-corrected chi connectivity index (χ2v) is 5.57. The van der Waals surface area contributed by atoms with E-state index < -0.39 is 0 Å². The highest BCUT2D eigenvalue weighted by molar-refractivity contribution is 6.20. The molecule has 2 amide bonds. The highest BCUT2D eigenvalue weighted by Gasteiger charge is 2.18. The van der Waals surface area contributed by atoms with Crippen LogP contribution in [-0.4, -0.2) is 36.3 Å². The van der Waals surface area contributed by atoms with Crippen molar-refractivity contribution in [1.29, 1.82) is 0 Å². The van der Waals surface area contributed by atoms with Gasteiger partial charge in [-0.1, -0.05) is 0 Å². The summed E-state index contributed by atoms with van der Waals surface area (Å²) in [5, 5.41) is 2.41. The van der Waals surface area contributed by atoms with Gasteiger partial charge in [0.2, 0.25) is 5.91 Å². The summed E-state index contributed by atoms with van der Waals surface area (Å²) in [7, 11) is 0. The van der Waals surface area contributed by atoms with Crippen molar-refractivity contribution in [2.75, 3.05) is 19.6 Å². The summed E-state index contributed by atoms with van der Waals surface area (Å²) in [5.74, 6) is 0.561. The lowest BCUT2D eigenvalue weighted by Gasteiger charge is -2.14. The minimum absolute atomic E-state index is 0.0947. The second kappa shape index (κ2) is 6.79. The number of halogens is 1. The van der Waals surface area contributed by atoms with Crippen molar-refractivity contribution in [2.45, 2.75) is 31.6 Å². The fraction of sp³-hybridized carbons (Fsp3) is 0.571. The number of likely N-dealkylation sites (tertiary alicyclic amines) is 1. The third-order valence-corrected chi connectivity index (χ3v) is 3.54. The molecule has 2 heterocycles. The van der Waals surface area contributed by atoms with Crippen LogP contribution in [0.5, 0.6) is 0 Å². The van der Waals surface area contributed by atoms with Crippen molar-refractivity contribution in [3.8, 4) is 0 Å². The van der Waals surface area contributed by atoms with Crippen molar-refractivity contribution in [1.82, 2.24) is 10.2 Å². The van der Waals surface area contributed by atoms with E-state index in [0.29, 0.717) is 18.7 Å². The van der Waals surface area contributed by atoms with Crippen molar-refractivity contribution in [3.63, 3.8) is 0 Å². The molecule has 1 atom stereocenters. The maximum Gasteiger partial charge on any atom is 0.287 e. The molecule has 0 aromatic carbocycles. The van der Waals surface area contributed by atoms with Crippen LogP contribution >= 0.6 is 11.6 Å². The van der Waals surface area contributed by atoms with Gasteiger partial charge in [-0.15, -0.1) is 11.6 Å². The summed E-state index contributed by atoms with van der Waals surface area (Å²) < 4.78 is 5.32. The molecule has 20 heavy (non-hydrogen) atoms. The SMILES string of the molecule is CC(Cl)c1ccc(C(=O)NCCC(=O)N2CCCC2)o1. The molecule has 0 saturated carbocycles. The monoisotopic (exact) mass is 298 g/mol. The lowest BCUT2D eigenvalue weighted by Crippen LogP contribution is -2.32. The first-order valence-electron chi connectivity index (χ1n) is 6.87. The Morgan fingerprint density at radius 2 is 2.10 bits per heavy atom. The highest BCUT2D eigenvalue weighted by Crippen LogP contribution is 2.21. The number of nitrogens with zero attached hydrogens (tertiary/aromatic N) is 1. The first kappa shape index (κ1) is 14.9. The molecule has 1 aliphatic heterocycles. The average molecular weight is 299 g/mol. The van der Waals surface area contributed by atoms with Gasteiger partial charge in [0, 0.05) is 26.1 Å². The van der Waals surface area contributed by atoms with Crippen molar-refractivity contribution in [3.05, 3.63) is 23.7 Å². The number of hydrogen-bond acceptors (Lipinski definition) is 3. The zero-order valence-electron chi connectivity index (χ0n) is 11.5. The number of amides is 2. The van der Waals surface area contributed by atoms with E-state index in [4.69, 9.17) is 16.0 Å². The number of rotatable bonds is 5. The van der Waals surface area contributed by atoms with Gasteiger partial charge in [0.25, 0.3) is 5.91 Å². The largest absolute Gasteiger partial charge is 0.454 e. The van der Waals surface area contributed by atoms with Crippen molar-refractivity contribution >= 4 is 23.4 Å². The van der Waals surface area contributed by atoms with Gasteiger partial charge in [0.05, 0.1) is 5.38 Å². The molecule has 110 valence electrons. The van der Waals surface area contributed by atoms with Crippen LogP contribution in [0.4, 0.5) is 0 Å². The summed E-state index contributed by atoms with van der Waals surface area (Å²) in [6, 6.07) is 3.27. The van der Waals surface area contributed by atoms with Gasteiger partial charge in [-0.3, -0.25) is 9.59 Å². The Morgan fingerprint density at radius 3 is 2.70 bits per heavy atom. The van der Waals surface area contributed by atoms with E-state index in [0.717, 1.165) is 25.9 Å². The predicted molar refractivity (Wildman–Crippen MR) is 75.7 cm³/mol. The molecule has 0 bridgehead atoms. The van der Waals surface area contributed by atoms with E-state index in [2.05, 4.69) is 5.32 Å². The van der Waals surface area contributed by atoms with Crippen LogP contribution in [-0.2, 0) is 4.79 Å². The van der Waals surface area contributed by atoms with Gasteiger partial charge >= 0.3 is 0 Å². The topological polar surface area (TPSA) is 62.6 Å². The van der Waals surface area contributed by atoms with Gasteiger partial charge in [0.1, 0.15) is 5.76 Å². The number of furan rings is 1. The zero-order chi connectivity index (χ0) is 14.5. The van der Waals surface area contributed by atoms with Crippen molar-refractivity contribution < 1.29 is 14.0 Å². The summed E-state index contributed by atoms with van der Waals surface area (Å²) in [5.41, 5.74) is 0. The van der Waals surface area contributed by atoms with Crippen LogP contribution in [0.1, 0.15) is 47.9 Å². The van der Waals surface area contributed by atoms with Crippen LogP contribution in [0.25, 0.3) is 0 Å². The van der Waals surface area contributed by atoms with Crippen LogP contribution < -0.4 is 5.32 Å². The predicted octanol–water partition coefficient (Wildman–Crippen LogP) is 2.32. The van der Waals surface area contributed by atoms with Gasteiger partial charge < -0.3 is 14.6 Å². The zero-order valence-corrected chi connectivity index (χ0v) is 12.3. The van der Waals surface area contributed by atoms with Gasteiger partial charge in [-0.05, 0) is 31.9 Å². The van der Waals surface area contributed by atoms with Crippen LogP contribution in [0, 0.1) is 0 Å². The number of alkyl halides is 1. The van der Waals surface area contributed by atoms with E-state index in [9.17, 15) is 9.59 Å². The lowest BCUT2D eigenvalue weighted by molar-refractivity contribution is -0.129. The van der Waals surface area contributed by atoms with Crippen LogP contribution in [0.15, 0.2) is 16.5 Å². The number of hydrogen-bond donors (Lipinski definition) is 1. The fourth-order valence-electron chi connectivity index (χ4n) is 2.18. The molecule has 1 aromatic heterocycles. The summed E-state index contributed by atoms with van der Waals surface area (Å²) in [4.78, 5) is 25.4. The molecule has 0 spiro atoms. The second-order valence-electron chi connectivity index (χ2n) is 4.91. The summed E-state index contributed by atoms with van der Waals surface area (Å²) in [6.45, 7) is 3.77. The maximum absolute atomic E-state index is 11.8. The highest BCUT2D eigenvalue weighted by atomic mass is 35.5. The molecule has 5 nitrogen and oxygen atoms in total. The van der Waals surface area contributed by atoms with E-state index >= 15 is 0 Å². The molecule has 1 fully saturated rings. The Hall–Kier alpha value is -1.49. The Bertz CT molecular complexity index is 479. The number of carbonyl (C=O) groups is 2. The minimum Gasteiger partial charge on any atom is -0.454 e. The number of carbonyl (C=O) groups excluding carboxylic acids is 2. The Morgan fingerprint density at radius 1 is 1.40 bits per heavy atom. The van der Waals surface area contributed by atoms with Crippen molar-refractivity contribution in [2.24, 2.45) is 0 Å². The molecular weight excluding hydrogens is 280 g/mol. The van der Waals surface area contributed by atoms with Gasteiger partial charge in [-0.25, -0.2) is 0 Å². The first-order chi connectivity index (χ1) is 9.58. The molecular formula is C14H19ClN2O3. The third-order valence-electron chi connectivity index (χ3n) is 3.33. The normalized spacial score (nSPS) is 16.2. The Labute approximate surface area is 123 Å². The molecule has 0 aliphatic carbocycles. The quantitative estimate of drug-likeness (QED) is 0.849. The number of nitrogens with one attached hydrogen (secondary N) is 1. The maximum atomic E-state index is 11.8. The first-order valence-corrected chi connectivity index (χ1v) is 7.31. The molecule has 1 aromatic rings. The van der Waals surface area contributed by atoms with E-state index in [1.165, 1.54) is 0 Å². The molecule has 1 N–H and O–H groups in total. The lowest BCUT2D eigenvalue weighted by atomic mass is 10.3. The minimum atomic E-state index is -0.317. The van der Waals surface area contributed by atoms with E-state index in [-0.39, 0.29) is 23.0 Å². The summed E-state index contributed by atoms with van der Waals surface area (Å²) >= 11 is 5.86.